The summed E-state index contributed by atoms with van der Waals surface area (Å²) in [7, 11) is 4.31. The fourth-order valence-electron chi connectivity index (χ4n) is 2.49. The number of hydrogen-bond donors (Lipinski definition) is 3. The molecule has 2 aromatic rings. The molecule has 0 aliphatic heterocycles. The lowest BCUT2D eigenvalue weighted by atomic mass is 10.1. The van der Waals surface area contributed by atoms with Gasteiger partial charge in [0.05, 0.1) is 27.9 Å². The third-order valence-electron chi connectivity index (χ3n) is 3.86. The van der Waals surface area contributed by atoms with E-state index in [1.807, 2.05) is 0 Å². The quantitative estimate of drug-likeness (QED) is 0.591. The Balaban J connectivity index is 2.08. The summed E-state index contributed by atoms with van der Waals surface area (Å²) in [5, 5.41) is 2.50. The van der Waals surface area contributed by atoms with E-state index in [9.17, 15) is 14.4 Å². The standard InChI is InChI=1S/C20H23N3O7/c1-5-30-20(26)21-14-8-6-7-12(9-14)18(24)22-23-19(25)13-10-15(27-2)17(29-4)16(11-13)28-3/h6-11H,5H2,1-4H3,(H,21,26)(H,22,24)(H,23,25). The third-order valence-corrected chi connectivity index (χ3v) is 3.86. The van der Waals surface area contributed by atoms with Crippen molar-refractivity contribution >= 4 is 23.6 Å². The van der Waals surface area contributed by atoms with Crippen LogP contribution < -0.4 is 30.4 Å². The van der Waals surface area contributed by atoms with Gasteiger partial charge in [0.2, 0.25) is 5.75 Å². The highest BCUT2D eigenvalue weighted by atomic mass is 16.5. The number of carbonyl (C=O) groups excluding carboxylic acids is 3. The van der Waals surface area contributed by atoms with Gasteiger partial charge in [-0.2, -0.15) is 0 Å². The lowest BCUT2D eigenvalue weighted by molar-refractivity contribution is 0.0846. The van der Waals surface area contributed by atoms with Crippen molar-refractivity contribution < 1.29 is 33.3 Å². The summed E-state index contributed by atoms with van der Waals surface area (Å²) in [5.74, 6) is -0.240. The fraction of sp³-hybridized carbons (Fsp3) is 0.250. The first-order chi connectivity index (χ1) is 14.4. The van der Waals surface area contributed by atoms with E-state index < -0.39 is 17.9 Å². The monoisotopic (exact) mass is 417 g/mol. The Morgan fingerprint density at radius 2 is 1.43 bits per heavy atom. The van der Waals surface area contributed by atoms with Crippen LogP contribution in [0.15, 0.2) is 36.4 Å². The molecule has 0 bridgehead atoms. The van der Waals surface area contributed by atoms with E-state index in [4.69, 9.17) is 18.9 Å². The highest BCUT2D eigenvalue weighted by Crippen LogP contribution is 2.38. The molecule has 0 fully saturated rings. The van der Waals surface area contributed by atoms with Crippen molar-refractivity contribution in [3.05, 3.63) is 47.5 Å². The van der Waals surface area contributed by atoms with E-state index >= 15 is 0 Å². The van der Waals surface area contributed by atoms with Crippen molar-refractivity contribution in [2.75, 3.05) is 33.3 Å². The highest BCUT2D eigenvalue weighted by Gasteiger charge is 2.17. The Labute approximate surface area is 173 Å². The molecular weight excluding hydrogens is 394 g/mol. The van der Waals surface area contributed by atoms with Gasteiger partial charge in [0, 0.05) is 16.8 Å². The first-order valence-corrected chi connectivity index (χ1v) is 8.88. The molecule has 3 amide bonds. The molecule has 160 valence electrons. The van der Waals surface area contributed by atoms with Gasteiger partial charge in [-0.3, -0.25) is 25.8 Å². The number of amides is 3. The second-order valence-corrected chi connectivity index (χ2v) is 5.75. The Kier molecular flexibility index (Phi) is 7.86. The van der Waals surface area contributed by atoms with Crippen LogP contribution in [0, 0.1) is 0 Å². The average Bonchev–Trinajstić information content (AvgIpc) is 2.76. The molecule has 0 aliphatic carbocycles. The predicted octanol–water partition coefficient (Wildman–Crippen LogP) is 2.36. The maximum absolute atomic E-state index is 12.4. The van der Waals surface area contributed by atoms with Gasteiger partial charge in [0.1, 0.15) is 0 Å². The largest absolute Gasteiger partial charge is 0.493 e. The highest BCUT2D eigenvalue weighted by molar-refractivity contribution is 6.00. The molecule has 2 rings (SSSR count). The van der Waals surface area contributed by atoms with Crippen molar-refractivity contribution in [3.8, 4) is 17.2 Å². The zero-order valence-electron chi connectivity index (χ0n) is 17.0. The van der Waals surface area contributed by atoms with Crippen LogP contribution in [0.25, 0.3) is 0 Å². The van der Waals surface area contributed by atoms with Gasteiger partial charge in [-0.15, -0.1) is 0 Å². The molecule has 0 aliphatic rings. The molecule has 10 heteroatoms. The Morgan fingerprint density at radius 1 is 0.833 bits per heavy atom. The number of hydrogen-bond acceptors (Lipinski definition) is 7. The minimum absolute atomic E-state index is 0.183. The van der Waals surface area contributed by atoms with Gasteiger partial charge in [0.25, 0.3) is 11.8 Å². The van der Waals surface area contributed by atoms with Crippen LogP contribution in [0.5, 0.6) is 17.2 Å². The lowest BCUT2D eigenvalue weighted by Gasteiger charge is -2.14. The minimum Gasteiger partial charge on any atom is -0.493 e. The number of benzene rings is 2. The van der Waals surface area contributed by atoms with Crippen LogP contribution in [0.1, 0.15) is 27.6 Å². The van der Waals surface area contributed by atoms with E-state index in [-0.39, 0.29) is 17.7 Å². The number of anilines is 1. The first-order valence-electron chi connectivity index (χ1n) is 8.88. The Hall–Kier alpha value is -3.95. The Bertz CT molecular complexity index is 905. The summed E-state index contributed by atoms with van der Waals surface area (Å²) in [6.07, 6.45) is -0.634. The van der Waals surface area contributed by atoms with Crippen molar-refractivity contribution in [2.45, 2.75) is 6.92 Å². The summed E-state index contributed by atoms with van der Waals surface area (Å²) in [6, 6.07) is 9.05. The van der Waals surface area contributed by atoms with Crippen LogP contribution >= 0.6 is 0 Å². The molecule has 0 aromatic heterocycles. The zero-order chi connectivity index (χ0) is 22.1. The van der Waals surface area contributed by atoms with E-state index in [0.717, 1.165) is 0 Å². The van der Waals surface area contributed by atoms with E-state index in [1.165, 1.54) is 45.6 Å². The molecule has 10 nitrogen and oxygen atoms in total. The van der Waals surface area contributed by atoms with Crippen molar-refractivity contribution in [1.29, 1.82) is 0 Å². The average molecular weight is 417 g/mol. The summed E-state index contributed by atoms with van der Waals surface area (Å²) in [5.41, 5.74) is 5.40. The van der Waals surface area contributed by atoms with E-state index in [2.05, 4.69) is 16.2 Å². The van der Waals surface area contributed by atoms with Crippen LogP contribution in [-0.4, -0.2) is 45.8 Å². The molecule has 30 heavy (non-hydrogen) atoms. The number of hydrazine groups is 1. The molecule has 0 unspecified atom stereocenters. The molecular formula is C20H23N3O7. The van der Waals surface area contributed by atoms with Gasteiger partial charge >= 0.3 is 6.09 Å². The molecule has 3 N–H and O–H groups in total. The Morgan fingerprint density at radius 3 is 1.97 bits per heavy atom. The van der Waals surface area contributed by atoms with Gasteiger partial charge < -0.3 is 18.9 Å². The van der Waals surface area contributed by atoms with Crippen molar-refractivity contribution in [2.24, 2.45) is 0 Å². The lowest BCUT2D eigenvalue weighted by Crippen LogP contribution is -2.41. The first kappa shape index (κ1) is 22.3. The summed E-state index contributed by atoms with van der Waals surface area (Å²) in [4.78, 5) is 36.3. The normalized spacial score (nSPS) is 9.87. The number of ether oxygens (including phenoxy) is 4. The maximum atomic E-state index is 12.4. The molecule has 0 atom stereocenters. The van der Waals surface area contributed by atoms with Crippen LogP contribution in [-0.2, 0) is 4.74 Å². The predicted molar refractivity (Wildman–Crippen MR) is 108 cm³/mol. The molecule has 0 radical (unpaired) electrons. The smallest absolute Gasteiger partial charge is 0.411 e. The maximum Gasteiger partial charge on any atom is 0.411 e. The number of rotatable bonds is 7. The SMILES string of the molecule is CCOC(=O)Nc1cccc(C(=O)NNC(=O)c2cc(OC)c(OC)c(OC)c2)c1. The van der Waals surface area contributed by atoms with Gasteiger partial charge in [-0.1, -0.05) is 6.07 Å². The van der Waals surface area contributed by atoms with Crippen LogP contribution in [0.4, 0.5) is 10.5 Å². The third kappa shape index (κ3) is 5.53. The molecule has 0 saturated heterocycles. The molecule has 0 saturated carbocycles. The summed E-state index contributed by atoms with van der Waals surface area (Å²) < 4.78 is 20.4. The molecule has 0 heterocycles. The van der Waals surface area contributed by atoms with Gasteiger partial charge in [-0.25, -0.2) is 4.79 Å². The number of carbonyl (C=O) groups is 3. The summed E-state index contributed by atoms with van der Waals surface area (Å²) >= 11 is 0. The summed E-state index contributed by atoms with van der Waals surface area (Å²) in [6.45, 7) is 1.90. The second-order valence-electron chi connectivity index (χ2n) is 5.75. The zero-order valence-corrected chi connectivity index (χ0v) is 17.0. The topological polar surface area (TPSA) is 124 Å². The van der Waals surface area contributed by atoms with Gasteiger partial charge in [0.15, 0.2) is 11.5 Å². The van der Waals surface area contributed by atoms with Crippen molar-refractivity contribution in [1.82, 2.24) is 10.9 Å². The van der Waals surface area contributed by atoms with Gasteiger partial charge in [-0.05, 0) is 37.3 Å². The molecule has 2 aromatic carbocycles. The van der Waals surface area contributed by atoms with Crippen molar-refractivity contribution in [3.63, 3.8) is 0 Å². The van der Waals surface area contributed by atoms with E-state index in [1.54, 1.807) is 19.1 Å². The number of nitrogens with one attached hydrogen (secondary N) is 3. The molecule has 0 spiro atoms. The second kappa shape index (κ2) is 10.6. The minimum atomic E-state index is -0.634. The number of methoxy groups -OCH3 is 3. The van der Waals surface area contributed by atoms with Crippen LogP contribution in [0.3, 0.4) is 0 Å². The van der Waals surface area contributed by atoms with E-state index in [0.29, 0.717) is 22.9 Å². The van der Waals surface area contributed by atoms with Crippen LogP contribution in [0.2, 0.25) is 0 Å². The fourth-order valence-corrected chi connectivity index (χ4v) is 2.49.